The smallest absolute Gasteiger partial charge is 0.330 e. The molecular formula is C24H32F2O2. The number of halogens is 2. The van der Waals surface area contributed by atoms with Crippen LogP contribution in [0.1, 0.15) is 81.8 Å². The average Bonchev–Trinajstić information content (AvgIpc) is 2.72. The van der Waals surface area contributed by atoms with Crippen LogP contribution in [0.5, 0.6) is 0 Å². The van der Waals surface area contributed by atoms with Crippen molar-refractivity contribution >= 4 is 5.97 Å². The number of hydrogen-bond donors (Lipinski definition) is 0. The molecule has 0 unspecified atom stereocenters. The fourth-order valence-corrected chi connectivity index (χ4v) is 5.17. The Kier molecular flexibility index (Phi) is 7.25. The maximum Gasteiger partial charge on any atom is 0.330 e. The van der Waals surface area contributed by atoms with Gasteiger partial charge in [0.1, 0.15) is 6.10 Å². The molecule has 0 atom stereocenters. The van der Waals surface area contributed by atoms with Crippen molar-refractivity contribution in [2.75, 3.05) is 0 Å². The van der Waals surface area contributed by atoms with Gasteiger partial charge < -0.3 is 4.74 Å². The van der Waals surface area contributed by atoms with E-state index in [0.717, 1.165) is 57.8 Å². The highest BCUT2D eigenvalue weighted by Crippen LogP contribution is 2.44. The third-order valence-electron chi connectivity index (χ3n) is 6.76. The van der Waals surface area contributed by atoms with Gasteiger partial charge in [0.05, 0.1) is 0 Å². The molecule has 2 fully saturated rings. The number of carbonyl (C=O) groups is 1. The molecule has 4 heteroatoms. The molecule has 0 spiro atoms. The monoisotopic (exact) mass is 390 g/mol. The summed E-state index contributed by atoms with van der Waals surface area (Å²) < 4.78 is 34.3. The average molecular weight is 391 g/mol. The molecule has 1 aromatic rings. The van der Waals surface area contributed by atoms with Gasteiger partial charge in [-0.15, -0.1) is 0 Å². The maximum absolute atomic E-state index is 14.6. The van der Waals surface area contributed by atoms with E-state index in [2.05, 4.69) is 6.58 Å². The van der Waals surface area contributed by atoms with Crippen molar-refractivity contribution in [3.63, 3.8) is 0 Å². The van der Waals surface area contributed by atoms with Gasteiger partial charge in [-0.3, -0.25) is 0 Å². The molecule has 1 aromatic carbocycles. The van der Waals surface area contributed by atoms with Gasteiger partial charge in [-0.25, -0.2) is 13.6 Å². The minimum Gasteiger partial charge on any atom is -0.459 e. The Balaban J connectivity index is 1.52. The van der Waals surface area contributed by atoms with E-state index >= 15 is 0 Å². The van der Waals surface area contributed by atoms with Gasteiger partial charge in [-0.2, -0.15) is 0 Å². The van der Waals surface area contributed by atoms with Crippen molar-refractivity contribution in [3.05, 3.63) is 47.5 Å². The lowest BCUT2D eigenvalue weighted by Crippen LogP contribution is -2.29. The number of benzene rings is 1. The molecule has 2 saturated carbocycles. The van der Waals surface area contributed by atoms with Crippen LogP contribution in [-0.2, 0) is 16.0 Å². The van der Waals surface area contributed by atoms with Crippen LogP contribution >= 0.6 is 0 Å². The van der Waals surface area contributed by atoms with Crippen LogP contribution in [0.4, 0.5) is 8.78 Å². The lowest BCUT2D eigenvalue weighted by Gasteiger charge is -2.37. The minimum absolute atomic E-state index is 0.0248. The van der Waals surface area contributed by atoms with Crippen LogP contribution in [0.15, 0.2) is 24.8 Å². The third kappa shape index (κ3) is 4.82. The molecule has 0 aliphatic heterocycles. The highest BCUT2D eigenvalue weighted by Gasteiger charge is 2.33. The Hall–Kier alpha value is -1.71. The molecule has 2 aliphatic carbocycles. The molecule has 2 nitrogen and oxygen atoms in total. The van der Waals surface area contributed by atoms with Crippen molar-refractivity contribution < 1.29 is 18.3 Å². The maximum atomic E-state index is 14.6. The summed E-state index contributed by atoms with van der Waals surface area (Å²) in [5.41, 5.74) is 1.06. The molecule has 28 heavy (non-hydrogen) atoms. The van der Waals surface area contributed by atoms with Crippen molar-refractivity contribution in [2.24, 2.45) is 11.8 Å². The van der Waals surface area contributed by atoms with Crippen LogP contribution in [0.25, 0.3) is 0 Å². The van der Waals surface area contributed by atoms with Crippen LogP contribution in [-0.4, -0.2) is 12.1 Å². The fourth-order valence-electron chi connectivity index (χ4n) is 5.17. The van der Waals surface area contributed by atoms with Crippen molar-refractivity contribution in [3.8, 4) is 0 Å². The summed E-state index contributed by atoms with van der Waals surface area (Å²) in [5, 5.41) is 0. The van der Waals surface area contributed by atoms with E-state index in [1.165, 1.54) is 6.08 Å². The van der Waals surface area contributed by atoms with E-state index in [-0.39, 0.29) is 18.0 Å². The van der Waals surface area contributed by atoms with E-state index in [9.17, 15) is 13.6 Å². The molecule has 0 amide bonds. The first-order chi connectivity index (χ1) is 13.5. The molecule has 3 rings (SSSR count). The molecule has 154 valence electrons. The first kappa shape index (κ1) is 21.0. The Morgan fingerprint density at radius 2 is 1.64 bits per heavy atom. The quantitative estimate of drug-likeness (QED) is 0.410. The summed E-state index contributed by atoms with van der Waals surface area (Å²) in [5.74, 6) is -0.157. The molecular weight excluding hydrogens is 358 g/mol. The molecule has 0 N–H and O–H groups in total. The predicted octanol–water partition coefficient (Wildman–Crippen LogP) is 6.48. The Labute approximate surface area is 167 Å². The van der Waals surface area contributed by atoms with Crippen molar-refractivity contribution in [1.82, 2.24) is 0 Å². The SMILES string of the molecule is C=CC(=O)OC1CCC(C2CCC(c3ccc(CCC)c(F)c3F)CC2)CC1. The second kappa shape index (κ2) is 9.67. The fraction of sp³-hybridized carbons (Fsp3) is 0.625. The normalized spacial score (nSPS) is 28.0. The molecule has 0 aromatic heterocycles. The highest BCUT2D eigenvalue weighted by molar-refractivity contribution is 5.81. The number of hydrogen-bond acceptors (Lipinski definition) is 2. The van der Waals surface area contributed by atoms with Crippen molar-refractivity contribution in [2.45, 2.75) is 83.2 Å². The van der Waals surface area contributed by atoms with Gasteiger partial charge in [0.2, 0.25) is 0 Å². The summed E-state index contributed by atoms with van der Waals surface area (Å²) in [4.78, 5) is 11.3. The highest BCUT2D eigenvalue weighted by atomic mass is 19.2. The van der Waals surface area contributed by atoms with E-state index in [0.29, 0.717) is 29.4 Å². The minimum atomic E-state index is -0.645. The summed E-state index contributed by atoms with van der Waals surface area (Å²) in [7, 11) is 0. The molecule has 0 bridgehead atoms. The van der Waals surface area contributed by atoms with E-state index in [4.69, 9.17) is 4.74 Å². The first-order valence-electron chi connectivity index (χ1n) is 10.8. The first-order valence-corrected chi connectivity index (χ1v) is 10.8. The van der Waals surface area contributed by atoms with Crippen LogP contribution in [0.3, 0.4) is 0 Å². The summed E-state index contributed by atoms with van der Waals surface area (Å²) in [6, 6.07) is 3.59. The molecule has 2 aliphatic rings. The Morgan fingerprint density at radius 3 is 2.21 bits per heavy atom. The second-order valence-electron chi connectivity index (χ2n) is 8.48. The van der Waals surface area contributed by atoms with Gasteiger partial charge in [0.15, 0.2) is 11.6 Å². The Morgan fingerprint density at radius 1 is 1.04 bits per heavy atom. The second-order valence-corrected chi connectivity index (χ2v) is 8.48. The summed E-state index contributed by atoms with van der Waals surface area (Å²) in [6.45, 7) is 5.42. The topological polar surface area (TPSA) is 26.3 Å². The lowest BCUT2D eigenvalue weighted by molar-refractivity contribution is -0.145. The molecule has 0 heterocycles. The van der Waals surface area contributed by atoms with Crippen LogP contribution in [0.2, 0.25) is 0 Å². The number of esters is 1. The number of aryl methyl sites for hydroxylation is 1. The Bertz CT molecular complexity index is 684. The van der Waals surface area contributed by atoms with E-state index < -0.39 is 11.6 Å². The summed E-state index contributed by atoms with van der Waals surface area (Å²) in [6.07, 6.45) is 10.7. The van der Waals surface area contributed by atoms with E-state index in [1.54, 1.807) is 6.07 Å². The zero-order valence-electron chi connectivity index (χ0n) is 16.9. The molecule has 0 saturated heterocycles. The van der Waals surface area contributed by atoms with E-state index in [1.807, 2.05) is 13.0 Å². The third-order valence-corrected chi connectivity index (χ3v) is 6.76. The van der Waals surface area contributed by atoms with Crippen LogP contribution < -0.4 is 0 Å². The van der Waals surface area contributed by atoms with Crippen molar-refractivity contribution in [1.29, 1.82) is 0 Å². The number of rotatable bonds is 6. The van der Waals surface area contributed by atoms with Gasteiger partial charge >= 0.3 is 5.97 Å². The largest absolute Gasteiger partial charge is 0.459 e. The predicted molar refractivity (Wildman–Crippen MR) is 107 cm³/mol. The van der Waals surface area contributed by atoms with Gasteiger partial charge in [-0.05, 0) is 86.7 Å². The zero-order chi connectivity index (χ0) is 20.1. The number of ether oxygens (including phenoxy) is 1. The standard InChI is InChI=1S/C24H32F2O2/c1-3-5-19-12-15-21(24(26)23(19)25)18-8-6-16(7-9-18)17-10-13-20(14-11-17)28-22(27)4-2/h4,12,15-18,20H,2-3,5-11,13-14H2,1H3. The lowest BCUT2D eigenvalue weighted by atomic mass is 9.69. The molecule has 0 radical (unpaired) electrons. The van der Waals surface area contributed by atoms with Gasteiger partial charge in [0.25, 0.3) is 0 Å². The van der Waals surface area contributed by atoms with Gasteiger partial charge in [-0.1, -0.05) is 32.1 Å². The zero-order valence-corrected chi connectivity index (χ0v) is 16.9. The van der Waals surface area contributed by atoms with Gasteiger partial charge in [0, 0.05) is 6.08 Å². The summed E-state index contributed by atoms with van der Waals surface area (Å²) >= 11 is 0. The van der Waals surface area contributed by atoms with Crippen LogP contribution in [0, 0.1) is 23.5 Å². The number of carbonyl (C=O) groups excluding carboxylic acids is 1.